The topological polar surface area (TPSA) is 30.5 Å². The van der Waals surface area contributed by atoms with Gasteiger partial charge in [0.05, 0.1) is 12.7 Å². The standard InChI is InChI=1S/C15H21ClFNO2/c16-13-5-4-12(15(17)9-13)10-18-6-2-7-19-11-14-3-1-8-20-14/h4-5,9,14,18H,1-3,6-8,10-11H2. The minimum absolute atomic E-state index is 0.264. The number of rotatable bonds is 8. The predicted molar refractivity (Wildman–Crippen MR) is 77.5 cm³/mol. The van der Waals surface area contributed by atoms with Crippen LogP contribution in [-0.4, -0.2) is 32.5 Å². The first-order valence-corrected chi connectivity index (χ1v) is 7.47. The van der Waals surface area contributed by atoms with E-state index in [1.807, 2.05) is 0 Å². The third-order valence-corrected chi connectivity index (χ3v) is 3.54. The minimum Gasteiger partial charge on any atom is -0.379 e. The lowest BCUT2D eigenvalue weighted by molar-refractivity contribution is 0.0166. The van der Waals surface area contributed by atoms with Gasteiger partial charge < -0.3 is 14.8 Å². The van der Waals surface area contributed by atoms with Gasteiger partial charge in [-0.1, -0.05) is 17.7 Å². The quantitative estimate of drug-likeness (QED) is 0.748. The molecule has 1 aromatic carbocycles. The smallest absolute Gasteiger partial charge is 0.129 e. The van der Waals surface area contributed by atoms with Gasteiger partial charge in [0.2, 0.25) is 0 Å². The Balaban J connectivity index is 1.50. The molecule has 1 N–H and O–H groups in total. The summed E-state index contributed by atoms with van der Waals surface area (Å²) in [6.45, 7) is 3.56. The molecule has 1 atom stereocenters. The molecule has 5 heteroatoms. The van der Waals surface area contributed by atoms with Crippen LogP contribution in [0.25, 0.3) is 0 Å². The van der Waals surface area contributed by atoms with E-state index in [0.717, 1.165) is 32.4 Å². The van der Waals surface area contributed by atoms with Crippen LogP contribution in [0.4, 0.5) is 4.39 Å². The molecule has 0 radical (unpaired) electrons. The minimum atomic E-state index is -0.264. The van der Waals surface area contributed by atoms with Crippen molar-refractivity contribution in [2.24, 2.45) is 0 Å². The Morgan fingerprint density at radius 2 is 2.35 bits per heavy atom. The molecular weight excluding hydrogens is 281 g/mol. The highest BCUT2D eigenvalue weighted by molar-refractivity contribution is 6.30. The normalized spacial score (nSPS) is 18.6. The first-order valence-electron chi connectivity index (χ1n) is 7.09. The predicted octanol–water partition coefficient (Wildman–Crippen LogP) is 3.15. The second-order valence-corrected chi connectivity index (χ2v) is 5.41. The molecule has 20 heavy (non-hydrogen) atoms. The SMILES string of the molecule is Fc1cc(Cl)ccc1CNCCCOCC1CCCO1. The van der Waals surface area contributed by atoms with Gasteiger partial charge in [-0.2, -0.15) is 0 Å². The summed E-state index contributed by atoms with van der Waals surface area (Å²) in [5.74, 6) is -0.264. The van der Waals surface area contributed by atoms with E-state index in [-0.39, 0.29) is 11.9 Å². The summed E-state index contributed by atoms with van der Waals surface area (Å²) in [6, 6.07) is 4.74. The van der Waals surface area contributed by atoms with Crippen LogP contribution in [0.5, 0.6) is 0 Å². The van der Waals surface area contributed by atoms with Gasteiger partial charge >= 0.3 is 0 Å². The van der Waals surface area contributed by atoms with E-state index < -0.39 is 0 Å². The van der Waals surface area contributed by atoms with Crippen LogP contribution in [0, 0.1) is 5.82 Å². The van der Waals surface area contributed by atoms with Gasteiger partial charge in [0.1, 0.15) is 5.82 Å². The molecule has 1 unspecified atom stereocenters. The molecule has 0 aromatic heterocycles. The van der Waals surface area contributed by atoms with Crippen molar-refractivity contribution >= 4 is 11.6 Å². The van der Waals surface area contributed by atoms with Crippen LogP contribution in [0.2, 0.25) is 5.02 Å². The highest BCUT2D eigenvalue weighted by Crippen LogP contribution is 2.14. The Morgan fingerprint density at radius 1 is 1.45 bits per heavy atom. The zero-order valence-corrected chi connectivity index (χ0v) is 12.3. The number of hydrogen-bond donors (Lipinski definition) is 1. The summed E-state index contributed by atoms with van der Waals surface area (Å²) in [4.78, 5) is 0. The molecule has 0 aliphatic carbocycles. The highest BCUT2D eigenvalue weighted by atomic mass is 35.5. The number of benzene rings is 1. The first-order chi connectivity index (χ1) is 9.75. The molecule has 1 fully saturated rings. The van der Waals surface area contributed by atoms with Gasteiger partial charge in [-0.15, -0.1) is 0 Å². The third kappa shape index (κ3) is 5.37. The molecule has 0 spiro atoms. The van der Waals surface area contributed by atoms with Crippen LogP contribution in [0.1, 0.15) is 24.8 Å². The van der Waals surface area contributed by atoms with E-state index in [4.69, 9.17) is 21.1 Å². The third-order valence-electron chi connectivity index (χ3n) is 3.30. The molecule has 0 bridgehead atoms. The summed E-state index contributed by atoms with van der Waals surface area (Å²) in [5, 5.41) is 3.62. The van der Waals surface area contributed by atoms with Crippen molar-refractivity contribution in [3.05, 3.63) is 34.6 Å². The number of halogens is 2. The summed E-state index contributed by atoms with van der Waals surface area (Å²) in [6.07, 6.45) is 3.43. The number of hydrogen-bond acceptors (Lipinski definition) is 3. The lowest BCUT2D eigenvalue weighted by atomic mass is 10.2. The van der Waals surface area contributed by atoms with Crippen molar-refractivity contribution in [3.8, 4) is 0 Å². The molecule has 1 heterocycles. The van der Waals surface area contributed by atoms with E-state index >= 15 is 0 Å². The molecule has 1 aliphatic rings. The Hall–Kier alpha value is -0.680. The number of ether oxygens (including phenoxy) is 2. The van der Waals surface area contributed by atoms with Crippen LogP contribution in [0.15, 0.2) is 18.2 Å². The van der Waals surface area contributed by atoms with Crippen molar-refractivity contribution in [3.63, 3.8) is 0 Å². The van der Waals surface area contributed by atoms with Crippen LogP contribution >= 0.6 is 11.6 Å². The lowest BCUT2D eigenvalue weighted by Gasteiger charge is -2.10. The first kappa shape index (κ1) is 15.7. The summed E-state index contributed by atoms with van der Waals surface area (Å²) in [7, 11) is 0. The van der Waals surface area contributed by atoms with Crippen LogP contribution in [0.3, 0.4) is 0 Å². The molecule has 1 aliphatic heterocycles. The highest BCUT2D eigenvalue weighted by Gasteiger charge is 2.14. The Kier molecular flexibility index (Phi) is 6.73. The summed E-state index contributed by atoms with van der Waals surface area (Å²) < 4.78 is 24.5. The molecule has 0 amide bonds. The maximum Gasteiger partial charge on any atom is 0.129 e. The average molecular weight is 302 g/mol. The van der Waals surface area contributed by atoms with Crippen LogP contribution in [-0.2, 0) is 16.0 Å². The van der Waals surface area contributed by atoms with Crippen molar-refractivity contribution in [1.82, 2.24) is 5.32 Å². The second-order valence-electron chi connectivity index (χ2n) is 4.98. The second kappa shape index (κ2) is 8.57. The molecule has 112 valence electrons. The monoisotopic (exact) mass is 301 g/mol. The van der Waals surface area contributed by atoms with Gasteiger partial charge in [0.15, 0.2) is 0 Å². The van der Waals surface area contributed by atoms with Gasteiger partial charge in [0.25, 0.3) is 0 Å². The average Bonchev–Trinajstić information content (AvgIpc) is 2.93. The van der Waals surface area contributed by atoms with Crippen molar-refractivity contribution < 1.29 is 13.9 Å². The molecule has 2 rings (SSSR count). The van der Waals surface area contributed by atoms with Crippen molar-refractivity contribution in [2.75, 3.05) is 26.4 Å². The van der Waals surface area contributed by atoms with E-state index in [2.05, 4.69) is 5.32 Å². The molecule has 3 nitrogen and oxygen atoms in total. The zero-order chi connectivity index (χ0) is 14.2. The molecule has 1 aromatic rings. The fourth-order valence-electron chi connectivity index (χ4n) is 2.18. The fraction of sp³-hybridized carbons (Fsp3) is 0.600. The van der Waals surface area contributed by atoms with Gasteiger partial charge in [-0.25, -0.2) is 4.39 Å². The fourth-order valence-corrected chi connectivity index (χ4v) is 2.34. The Bertz CT molecular complexity index is 411. The molecular formula is C15H21ClFNO2. The van der Waals surface area contributed by atoms with E-state index in [0.29, 0.717) is 30.3 Å². The van der Waals surface area contributed by atoms with E-state index in [1.165, 1.54) is 6.07 Å². The van der Waals surface area contributed by atoms with E-state index in [1.54, 1.807) is 12.1 Å². The van der Waals surface area contributed by atoms with E-state index in [9.17, 15) is 4.39 Å². The van der Waals surface area contributed by atoms with Crippen molar-refractivity contribution in [1.29, 1.82) is 0 Å². The largest absolute Gasteiger partial charge is 0.379 e. The maximum atomic E-state index is 13.5. The Morgan fingerprint density at radius 3 is 3.10 bits per heavy atom. The lowest BCUT2D eigenvalue weighted by Crippen LogP contribution is -2.19. The van der Waals surface area contributed by atoms with Gasteiger partial charge in [0, 0.05) is 30.3 Å². The van der Waals surface area contributed by atoms with Gasteiger partial charge in [-0.3, -0.25) is 0 Å². The summed E-state index contributed by atoms with van der Waals surface area (Å²) in [5.41, 5.74) is 0.634. The molecule has 1 saturated heterocycles. The maximum absolute atomic E-state index is 13.5. The zero-order valence-electron chi connectivity index (χ0n) is 11.5. The number of nitrogens with one attached hydrogen (secondary N) is 1. The molecule has 0 saturated carbocycles. The summed E-state index contributed by atoms with van der Waals surface area (Å²) >= 11 is 5.70. The van der Waals surface area contributed by atoms with Crippen molar-refractivity contribution in [2.45, 2.75) is 31.9 Å². The van der Waals surface area contributed by atoms with Crippen LogP contribution < -0.4 is 5.32 Å². The van der Waals surface area contributed by atoms with Gasteiger partial charge in [-0.05, 0) is 37.9 Å². The Labute approximate surface area is 124 Å².